The van der Waals surface area contributed by atoms with Crippen molar-refractivity contribution in [2.45, 2.75) is 29.7 Å². The predicted octanol–water partition coefficient (Wildman–Crippen LogP) is 8.14. The van der Waals surface area contributed by atoms with Crippen molar-refractivity contribution in [3.8, 4) is 5.75 Å². The van der Waals surface area contributed by atoms with E-state index in [0.29, 0.717) is 38.6 Å². The highest BCUT2D eigenvalue weighted by molar-refractivity contribution is 8.00. The Morgan fingerprint density at radius 2 is 1.64 bits per heavy atom. The van der Waals surface area contributed by atoms with Crippen LogP contribution in [0.1, 0.15) is 33.9 Å². The first-order valence-electron chi connectivity index (χ1n) is 13.8. The lowest BCUT2D eigenvalue weighted by Gasteiger charge is -2.22. The summed E-state index contributed by atoms with van der Waals surface area (Å²) >= 11 is 8.81. The van der Waals surface area contributed by atoms with Crippen LogP contribution in [0.5, 0.6) is 5.75 Å². The average Bonchev–Trinajstić information content (AvgIpc) is 3.62. The molecular weight excluding hydrogens is 633 g/mol. The van der Waals surface area contributed by atoms with Crippen LogP contribution in [0.25, 0.3) is 5.76 Å². The van der Waals surface area contributed by atoms with Crippen LogP contribution >= 0.6 is 34.7 Å². The topological polar surface area (TPSA) is 92.6 Å². The molecule has 1 fully saturated rings. The molecule has 1 N–H and O–H groups in total. The first kappa shape index (κ1) is 30.5. The minimum atomic E-state index is -1.06. The van der Waals surface area contributed by atoms with E-state index in [0.717, 1.165) is 28.0 Å². The number of aromatic nitrogens is 2. The van der Waals surface area contributed by atoms with Crippen molar-refractivity contribution < 1.29 is 23.8 Å². The van der Waals surface area contributed by atoms with Crippen molar-refractivity contribution in [1.29, 1.82) is 0 Å². The third-order valence-corrected chi connectivity index (χ3v) is 9.80. The van der Waals surface area contributed by atoms with E-state index in [1.807, 2.05) is 49.4 Å². The van der Waals surface area contributed by atoms with Crippen molar-refractivity contribution in [1.82, 2.24) is 10.2 Å². The fourth-order valence-electron chi connectivity index (χ4n) is 4.90. The van der Waals surface area contributed by atoms with Gasteiger partial charge in [-0.1, -0.05) is 89.3 Å². The maximum absolute atomic E-state index is 13.9. The Balaban J connectivity index is 1.30. The molecule has 0 spiro atoms. The lowest BCUT2D eigenvalue weighted by atomic mass is 9.95. The summed E-state index contributed by atoms with van der Waals surface area (Å²) in [7, 11) is 0. The molecule has 0 aliphatic carbocycles. The van der Waals surface area contributed by atoms with Gasteiger partial charge in [-0.3, -0.25) is 14.5 Å². The van der Waals surface area contributed by atoms with Crippen LogP contribution in [0.2, 0.25) is 5.02 Å². The van der Waals surface area contributed by atoms with Gasteiger partial charge in [-0.15, -0.1) is 10.2 Å². The molecule has 45 heavy (non-hydrogen) atoms. The van der Waals surface area contributed by atoms with Crippen molar-refractivity contribution in [2.75, 3.05) is 4.90 Å². The zero-order valence-electron chi connectivity index (χ0n) is 23.8. The smallest absolute Gasteiger partial charge is 0.301 e. The number of anilines is 1. The van der Waals surface area contributed by atoms with Crippen LogP contribution in [-0.2, 0) is 21.9 Å². The Labute approximate surface area is 272 Å². The highest BCUT2D eigenvalue weighted by Crippen LogP contribution is 2.44. The van der Waals surface area contributed by atoms with E-state index in [2.05, 4.69) is 10.2 Å². The van der Waals surface area contributed by atoms with Crippen LogP contribution in [0.15, 0.2) is 107 Å². The van der Waals surface area contributed by atoms with Crippen LogP contribution < -0.4 is 9.64 Å². The molecule has 1 unspecified atom stereocenters. The van der Waals surface area contributed by atoms with Gasteiger partial charge in [0, 0.05) is 16.3 Å². The monoisotopic (exact) mass is 657 g/mol. The average molecular weight is 658 g/mol. The number of hydrogen-bond donors (Lipinski definition) is 1. The Bertz CT molecular complexity index is 1910. The summed E-state index contributed by atoms with van der Waals surface area (Å²) in [5.41, 5.74) is 3.68. The lowest BCUT2D eigenvalue weighted by Crippen LogP contribution is -2.29. The fraction of sp³-hybridized carbons (Fsp3) is 0.118. The summed E-state index contributed by atoms with van der Waals surface area (Å²) in [4.78, 5) is 28.2. The second kappa shape index (κ2) is 13.2. The minimum absolute atomic E-state index is 0.138. The van der Waals surface area contributed by atoms with Gasteiger partial charge in [-0.05, 0) is 71.6 Å². The van der Waals surface area contributed by atoms with Gasteiger partial charge in [-0.2, -0.15) is 0 Å². The van der Waals surface area contributed by atoms with E-state index in [-0.39, 0.29) is 16.5 Å². The zero-order valence-corrected chi connectivity index (χ0v) is 26.2. The molecule has 226 valence electrons. The first-order valence-corrected chi connectivity index (χ1v) is 16.0. The molecule has 1 saturated heterocycles. The number of hydrogen-bond acceptors (Lipinski definition) is 8. The molecule has 11 heteroatoms. The number of nitrogens with zero attached hydrogens (tertiary/aromatic N) is 3. The molecule has 1 aromatic heterocycles. The first-order chi connectivity index (χ1) is 21.8. The number of aryl methyl sites for hydroxylation is 1. The highest BCUT2D eigenvalue weighted by Gasteiger charge is 2.48. The number of aliphatic hydroxyl groups is 1. The molecule has 0 radical (unpaired) electrons. The van der Waals surface area contributed by atoms with Crippen molar-refractivity contribution in [3.63, 3.8) is 0 Å². The number of carbonyl (C=O) groups is 2. The van der Waals surface area contributed by atoms with Crippen molar-refractivity contribution in [2.24, 2.45) is 0 Å². The molecular formula is C34H25ClFN3O4S2. The quantitative estimate of drug-likeness (QED) is 0.0562. The second-order valence-electron chi connectivity index (χ2n) is 10.2. The van der Waals surface area contributed by atoms with E-state index >= 15 is 0 Å². The summed E-state index contributed by atoms with van der Waals surface area (Å²) in [6.45, 7) is 2.38. The largest absolute Gasteiger partial charge is 0.507 e. The van der Waals surface area contributed by atoms with Gasteiger partial charge < -0.3 is 9.84 Å². The number of ketones is 1. The third kappa shape index (κ3) is 6.49. The summed E-state index contributed by atoms with van der Waals surface area (Å²) in [6, 6.07) is 26.3. The summed E-state index contributed by atoms with van der Waals surface area (Å²) < 4.78 is 20.4. The molecule has 1 amide bonds. The molecule has 1 aliphatic heterocycles. The normalized spacial score (nSPS) is 15.9. The summed E-state index contributed by atoms with van der Waals surface area (Å²) in [6.07, 6.45) is 0. The zero-order chi connectivity index (χ0) is 31.5. The van der Waals surface area contributed by atoms with E-state index in [9.17, 15) is 19.1 Å². The Hall–Kier alpha value is -4.51. The SMILES string of the molecule is Cc1ccccc1COc1ccc(C(O)=C2C(=O)C(=O)N(c3nnc(SCc4ccccc4Cl)s3)C2c2ccc(F)cc2)cc1. The number of carbonyl (C=O) groups excluding carboxylic acids is 2. The van der Waals surface area contributed by atoms with Gasteiger partial charge in [0.05, 0.1) is 11.6 Å². The molecule has 1 atom stereocenters. The van der Waals surface area contributed by atoms with Crippen LogP contribution in [0, 0.1) is 12.7 Å². The number of Topliss-reactive ketones (excluding diaryl/α,β-unsaturated/α-hetero) is 1. The third-order valence-electron chi connectivity index (χ3n) is 7.32. The maximum atomic E-state index is 13.9. The van der Waals surface area contributed by atoms with Gasteiger partial charge in [-0.25, -0.2) is 4.39 Å². The van der Waals surface area contributed by atoms with Crippen LogP contribution in [0.4, 0.5) is 9.52 Å². The number of amides is 1. The molecule has 2 heterocycles. The summed E-state index contributed by atoms with van der Waals surface area (Å²) in [5.74, 6) is -1.51. The number of ether oxygens (including phenoxy) is 1. The Morgan fingerprint density at radius 1 is 0.956 bits per heavy atom. The van der Waals surface area contributed by atoms with Gasteiger partial charge in [0.2, 0.25) is 5.13 Å². The second-order valence-corrected chi connectivity index (χ2v) is 12.8. The standard InChI is InChI=1S/C34H25ClFN3O4S2/c1-20-6-2-3-7-23(20)18-43-26-16-12-22(13-17-26)30(40)28-29(21-10-14-25(36)15-11-21)39(32(42)31(28)41)33-37-38-34(45-33)44-19-24-8-4-5-9-27(24)35/h2-17,29,40H,18-19H2,1H3. The number of benzene rings is 4. The van der Waals surface area contributed by atoms with E-state index in [1.54, 1.807) is 30.3 Å². The van der Waals surface area contributed by atoms with Gasteiger partial charge in [0.15, 0.2) is 4.34 Å². The van der Waals surface area contributed by atoms with E-state index in [4.69, 9.17) is 16.3 Å². The molecule has 7 nitrogen and oxygen atoms in total. The number of halogens is 2. The molecule has 0 bridgehead atoms. The van der Waals surface area contributed by atoms with Crippen molar-refractivity contribution in [3.05, 3.63) is 141 Å². The molecule has 4 aromatic carbocycles. The Kier molecular flexibility index (Phi) is 8.97. The number of rotatable bonds is 9. The van der Waals surface area contributed by atoms with Gasteiger partial charge in [0.1, 0.15) is 23.9 Å². The molecule has 0 saturated carbocycles. The van der Waals surface area contributed by atoms with Gasteiger partial charge >= 0.3 is 5.91 Å². The minimum Gasteiger partial charge on any atom is -0.507 e. The maximum Gasteiger partial charge on any atom is 0.301 e. The van der Waals surface area contributed by atoms with Crippen molar-refractivity contribution >= 4 is 57.3 Å². The predicted molar refractivity (Wildman–Crippen MR) is 174 cm³/mol. The Morgan fingerprint density at radius 3 is 2.36 bits per heavy atom. The number of thioether (sulfide) groups is 1. The molecule has 5 aromatic rings. The van der Waals surface area contributed by atoms with Crippen LogP contribution in [0.3, 0.4) is 0 Å². The van der Waals surface area contributed by atoms with Crippen LogP contribution in [-0.4, -0.2) is 27.0 Å². The van der Waals surface area contributed by atoms with Gasteiger partial charge in [0.25, 0.3) is 5.78 Å². The summed E-state index contributed by atoms with van der Waals surface area (Å²) in [5, 5.41) is 20.7. The molecule has 1 aliphatic rings. The fourth-order valence-corrected chi connectivity index (χ4v) is 7.05. The molecule has 6 rings (SSSR count). The van der Waals surface area contributed by atoms with E-state index in [1.165, 1.54) is 40.9 Å². The van der Waals surface area contributed by atoms with E-state index < -0.39 is 23.5 Å². The lowest BCUT2D eigenvalue weighted by molar-refractivity contribution is -0.132. The highest BCUT2D eigenvalue weighted by atomic mass is 35.5. The number of aliphatic hydroxyl groups excluding tert-OH is 1.